The number of cyclic esters (lactones) is 1. The van der Waals surface area contributed by atoms with Gasteiger partial charge in [-0.25, -0.2) is 4.79 Å². The van der Waals surface area contributed by atoms with Crippen LogP contribution in [0, 0.1) is 40.9 Å². The molecule has 6 heteroatoms. The molecule has 4 aliphatic rings. The van der Waals surface area contributed by atoms with Gasteiger partial charge in [0.05, 0.1) is 0 Å². The number of fused-ring (bicyclic) bond motifs is 3. The number of carbonyl (C=O) groups excluding carboxylic acids is 2. The molecule has 3 fully saturated rings. The van der Waals surface area contributed by atoms with E-state index in [4.69, 9.17) is 9.47 Å². The standard InChI is InChI=1S/C31H48O6/c1-8-9-10-11-26(32)37-25-16-30(7)15-22-18(4)12-13-23-20(6)36-29(34)28(33)31(23,35)19(5)21(22)14-24(30)27(25)17(2)3/h12,17,20-25,27-28,33,35H,5,8-11,13-16H2,1-4,6-7H3/b18-12-. The minimum absolute atomic E-state index is 0.00152. The van der Waals surface area contributed by atoms with Crippen molar-refractivity contribution in [3.63, 3.8) is 0 Å². The van der Waals surface area contributed by atoms with Crippen LogP contribution in [0.4, 0.5) is 0 Å². The Morgan fingerprint density at radius 2 is 1.95 bits per heavy atom. The normalized spacial score (nSPS) is 45.1. The van der Waals surface area contributed by atoms with E-state index in [0.717, 1.165) is 38.5 Å². The third kappa shape index (κ3) is 4.82. The first kappa shape index (κ1) is 28.4. The average Bonchev–Trinajstić information content (AvgIpc) is 3.11. The molecular weight excluding hydrogens is 468 g/mol. The molecule has 3 aliphatic carbocycles. The van der Waals surface area contributed by atoms with E-state index in [1.807, 2.05) is 0 Å². The molecule has 208 valence electrons. The predicted molar refractivity (Wildman–Crippen MR) is 142 cm³/mol. The lowest BCUT2D eigenvalue weighted by Crippen LogP contribution is -2.63. The number of rotatable bonds is 6. The van der Waals surface area contributed by atoms with Crippen LogP contribution < -0.4 is 0 Å². The summed E-state index contributed by atoms with van der Waals surface area (Å²) < 4.78 is 11.6. The van der Waals surface area contributed by atoms with Crippen LogP contribution in [0.5, 0.6) is 0 Å². The third-order valence-corrected chi connectivity index (χ3v) is 10.5. The second kappa shape index (κ2) is 10.5. The van der Waals surface area contributed by atoms with E-state index in [1.54, 1.807) is 6.92 Å². The Kier molecular flexibility index (Phi) is 8.03. The Balaban J connectivity index is 1.66. The number of unbranched alkanes of at least 4 members (excludes halogenated alkanes) is 2. The van der Waals surface area contributed by atoms with Gasteiger partial charge in [-0.3, -0.25) is 4.79 Å². The van der Waals surface area contributed by atoms with Crippen molar-refractivity contribution in [1.29, 1.82) is 0 Å². The van der Waals surface area contributed by atoms with Crippen molar-refractivity contribution in [3.05, 3.63) is 23.8 Å². The zero-order valence-corrected chi connectivity index (χ0v) is 23.7. The highest BCUT2D eigenvalue weighted by molar-refractivity contribution is 5.78. The van der Waals surface area contributed by atoms with Crippen LogP contribution in [-0.2, 0) is 19.1 Å². The zero-order valence-electron chi connectivity index (χ0n) is 23.7. The van der Waals surface area contributed by atoms with Crippen LogP contribution in [0.25, 0.3) is 0 Å². The summed E-state index contributed by atoms with van der Waals surface area (Å²) >= 11 is 0. The second-order valence-corrected chi connectivity index (χ2v) is 13.1. The van der Waals surface area contributed by atoms with E-state index in [1.165, 1.54) is 5.57 Å². The molecule has 1 saturated heterocycles. The lowest BCUT2D eigenvalue weighted by atomic mass is 9.53. The third-order valence-electron chi connectivity index (χ3n) is 10.5. The molecule has 1 heterocycles. The molecule has 0 spiro atoms. The summed E-state index contributed by atoms with van der Waals surface area (Å²) in [5, 5.41) is 22.9. The molecule has 0 aromatic carbocycles. The maximum absolute atomic E-state index is 12.7. The molecule has 0 amide bonds. The van der Waals surface area contributed by atoms with Crippen molar-refractivity contribution in [2.75, 3.05) is 0 Å². The first-order valence-corrected chi connectivity index (χ1v) is 14.5. The van der Waals surface area contributed by atoms with Crippen LogP contribution in [0.2, 0.25) is 0 Å². The summed E-state index contributed by atoms with van der Waals surface area (Å²) in [6.07, 6.45) is 6.43. The van der Waals surface area contributed by atoms with Gasteiger partial charge in [0, 0.05) is 18.3 Å². The van der Waals surface area contributed by atoms with Gasteiger partial charge in [-0.2, -0.15) is 0 Å². The van der Waals surface area contributed by atoms with Gasteiger partial charge >= 0.3 is 11.9 Å². The quantitative estimate of drug-likeness (QED) is 0.280. The smallest absolute Gasteiger partial charge is 0.338 e. The molecular formula is C31H48O6. The summed E-state index contributed by atoms with van der Waals surface area (Å²) in [7, 11) is 0. The van der Waals surface area contributed by atoms with Crippen molar-refractivity contribution < 1.29 is 29.3 Å². The maximum Gasteiger partial charge on any atom is 0.338 e. The van der Waals surface area contributed by atoms with Crippen molar-refractivity contribution in [2.45, 2.75) is 117 Å². The lowest BCUT2D eigenvalue weighted by Gasteiger charge is -2.54. The Morgan fingerprint density at radius 1 is 1.24 bits per heavy atom. The molecule has 0 radical (unpaired) electrons. The molecule has 0 bridgehead atoms. The van der Waals surface area contributed by atoms with Crippen molar-refractivity contribution in [2.24, 2.45) is 40.9 Å². The molecule has 0 aromatic heterocycles. The molecule has 10 atom stereocenters. The Morgan fingerprint density at radius 3 is 2.59 bits per heavy atom. The second-order valence-electron chi connectivity index (χ2n) is 13.1. The highest BCUT2D eigenvalue weighted by Crippen LogP contribution is 2.63. The number of esters is 2. The van der Waals surface area contributed by atoms with Gasteiger partial charge in [0.1, 0.15) is 17.8 Å². The fraction of sp³-hybridized carbons (Fsp3) is 0.806. The van der Waals surface area contributed by atoms with E-state index in [9.17, 15) is 19.8 Å². The van der Waals surface area contributed by atoms with Gasteiger partial charge in [-0.1, -0.05) is 58.8 Å². The highest BCUT2D eigenvalue weighted by atomic mass is 16.6. The highest BCUT2D eigenvalue weighted by Gasteiger charge is 2.62. The molecule has 6 nitrogen and oxygen atoms in total. The first-order chi connectivity index (χ1) is 17.3. The molecule has 0 aromatic rings. The number of aliphatic hydroxyl groups excluding tert-OH is 1. The maximum atomic E-state index is 12.7. The fourth-order valence-electron chi connectivity index (χ4n) is 8.47. The number of ether oxygens (including phenoxy) is 2. The SMILES string of the molecule is C=C1C2CC3C(C(C)C)C(OC(=O)CCCCC)CC3(C)CC2/C(C)=C\CC2C(C)OC(=O)C(O)C12O. The van der Waals surface area contributed by atoms with Gasteiger partial charge in [0.15, 0.2) is 6.10 Å². The molecule has 10 unspecified atom stereocenters. The summed E-state index contributed by atoms with van der Waals surface area (Å²) in [4.78, 5) is 25.3. The van der Waals surface area contributed by atoms with Crippen molar-refractivity contribution >= 4 is 11.9 Å². The molecule has 1 aliphatic heterocycles. The molecule has 37 heavy (non-hydrogen) atoms. The molecule has 2 saturated carbocycles. The Labute approximate surface area is 222 Å². The average molecular weight is 517 g/mol. The number of aliphatic hydroxyl groups is 2. The number of hydrogen-bond acceptors (Lipinski definition) is 6. The molecule has 4 rings (SSSR count). The van der Waals surface area contributed by atoms with Crippen molar-refractivity contribution in [1.82, 2.24) is 0 Å². The van der Waals surface area contributed by atoms with E-state index in [0.29, 0.717) is 30.3 Å². The monoisotopic (exact) mass is 516 g/mol. The Hall–Kier alpha value is -1.66. The zero-order chi connectivity index (χ0) is 27.3. The van der Waals surface area contributed by atoms with Crippen LogP contribution in [-0.4, -0.2) is 46.1 Å². The van der Waals surface area contributed by atoms with Gasteiger partial charge in [-0.15, -0.1) is 0 Å². The van der Waals surface area contributed by atoms with Crippen LogP contribution >= 0.6 is 0 Å². The lowest BCUT2D eigenvalue weighted by molar-refractivity contribution is -0.209. The summed E-state index contributed by atoms with van der Waals surface area (Å²) in [5.74, 6) is -0.386. The first-order valence-electron chi connectivity index (χ1n) is 14.5. The van der Waals surface area contributed by atoms with Crippen LogP contribution in [0.3, 0.4) is 0 Å². The van der Waals surface area contributed by atoms with Crippen molar-refractivity contribution in [3.8, 4) is 0 Å². The number of carbonyl (C=O) groups is 2. The van der Waals surface area contributed by atoms with E-state index in [-0.39, 0.29) is 35.2 Å². The molecule has 2 N–H and O–H groups in total. The minimum atomic E-state index is -1.72. The van der Waals surface area contributed by atoms with E-state index in [2.05, 4.69) is 47.3 Å². The minimum Gasteiger partial charge on any atom is -0.462 e. The topological polar surface area (TPSA) is 93.1 Å². The fourth-order valence-corrected chi connectivity index (χ4v) is 8.47. The van der Waals surface area contributed by atoms with E-state index < -0.39 is 29.7 Å². The van der Waals surface area contributed by atoms with Gasteiger partial charge in [0.2, 0.25) is 0 Å². The number of hydrogen-bond donors (Lipinski definition) is 2. The summed E-state index contributed by atoms with van der Waals surface area (Å²) in [6.45, 7) is 17.2. The van der Waals surface area contributed by atoms with Gasteiger partial charge in [0.25, 0.3) is 0 Å². The van der Waals surface area contributed by atoms with Gasteiger partial charge in [-0.05, 0) is 80.6 Å². The van der Waals surface area contributed by atoms with E-state index >= 15 is 0 Å². The van der Waals surface area contributed by atoms with Crippen LogP contribution in [0.15, 0.2) is 23.8 Å². The summed E-state index contributed by atoms with van der Waals surface area (Å²) in [6, 6.07) is 0. The van der Waals surface area contributed by atoms with Crippen LogP contribution in [0.1, 0.15) is 92.9 Å². The summed E-state index contributed by atoms with van der Waals surface area (Å²) in [5.41, 5.74) is 0.112. The predicted octanol–water partition coefficient (Wildman–Crippen LogP) is 5.36. The Bertz CT molecular complexity index is 938. The van der Waals surface area contributed by atoms with Gasteiger partial charge < -0.3 is 19.7 Å². The number of allylic oxidation sites excluding steroid dienone is 2. The largest absolute Gasteiger partial charge is 0.462 e.